The molecule has 6 heteroatoms. The van der Waals surface area contributed by atoms with Gasteiger partial charge in [0.2, 0.25) is 0 Å². The Hall–Kier alpha value is -3.15. The van der Waals surface area contributed by atoms with Gasteiger partial charge in [0.05, 0.1) is 18.9 Å². The minimum Gasteiger partial charge on any atom is -0.465 e. The molecule has 0 aromatic heterocycles. The quantitative estimate of drug-likeness (QED) is 0.416. The summed E-state index contributed by atoms with van der Waals surface area (Å²) >= 11 is 0. The number of nitrogens with zero attached hydrogens (tertiary/aromatic N) is 2. The molecule has 0 saturated heterocycles. The molecule has 0 saturated carbocycles. The Bertz CT molecular complexity index is 809. The maximum atomic E-state index is 12.6. The van der Waals surface area contributed by atoms with E-state index in [0.717, 1.165) is 11.1 Å². The van der Waals surface area contributed by atoms with Crippen LogP contribution in [0.3, 0.4) is 0 Å². The number of hydrogen-bond acceptors (Lipinski definition) is 5. The molecule has 0 unspecified atom stereocenters. The first kappa shape index (κ1) is 21.2. The minimum atomic E-state index is -0.397. The topological polar surface area (TPSA) is 68.2 Å². The van der Waals surface area contributed by atoms with Crippen molar-refractivity contribution < 1.29 is 19.2 Å². The number of amides is 1. The highest BCUT2D eigenvalue weighted by Crippen LogP contribution is 2.17. The lowest BCUT2D eigenvalue weighted by molar-refractivity contribution is -0.141. The third-order valence-electron chi connectivity index (χ3n) is 4.09. The van der Waals surface area contributed by atoms with Crippen molar-refractivity contribution in [2.24, 2.45) is 5.16 Å². The zero-order chi connectivity index (χ0) is 20.6. The molecule has 2 aromatic rings. The van der Waals surface area contributed by atoms with Crippen molar-refractivity contribution in [3.8, 4) is 0 Å². The Morgan fingerprint density at radius 2 is 1.68 bits per heavy atom. The van der Waals surface area contributed by atoms with Gasteiger partial charge < -0.3 is 14.5 Å². The number of esters is 1. The first-order chi connectivity index (χ1) is 13.3. The molecule has 1 amide bonds. The van der Waals surface area contributed by atoms with Gasteiger partial charge in [0.1, 0.15) is 0 Å². The first-order valence-corrected chi connectivity index (χ1v) is 8.99. The lowest BCUT2D eigenvalue weighted by Gasteiger charge is -2.35. The molecule has 0 N–H and O–H groups in total. The number of carbonyl (C=O) groups excluding carboxylic acids is 2. The van der Waals surface area contributed by atoms with Crippen molar-refractivity contribution in [1.82, 2.24) is 4.90 Å². The van der Waals surface area contributed by atoms with Gasteiger partial charge in [-0.25, -0.2) is 4.79 Å². The van der Waals surface area contributed by atoms with Gasteiger partial charge in [0, 0.05) is 12.1 Å². The average Bonchev–Trinajstić information content (AvgIpc) is 2.69. The van der Waals surface area contributed by atoms with E-state index in [4.69, 9.17) is 4.84 Å². The monoisotopic (exact) mass is 382 g/mol. The molecule has 6 nitrogen and oxygen atoms in total. The van der Waals surface area contributed by atoms with E-state index in [2.05, 4.69) is 9.89 Å². The first-order valence-electron chi connectivity index (χ1n) is 8.99. The summed E-state index contributed by atoms with van der Waals surface area (Å²) in [6.07, 6.45) is 1.49. The second kappa shape index (κ2) is 9.69. The average molecular weight is 382 g/mol. The fourth-order valence-corrected chi connectivity index (χ4v) is 2.56. The van der Waals surface area contributed by atoms with Crippen LogP contribution in [0.5, 0.6) is 0 Å². The molecular weight excluding hydrogens is 356 g/mol. The molecule has 0 aliphatic rings. The summed E-state index contributed by atoms with van der Waals surface area (Å²) in [5.74, 6) is -0.541. The minimum absolute atomic E-state index is 0.144. The molecule has 0 radical (unpaired) electrons. The molecule has 2 rings (SSSR count). The molecule has 0 aliphatic carbocycles. The Kier molecular flexibility index (Phi) is 7.32. The van der Waals surface area contributed by atoms with Crippen LogP contribution in [0.1, 0.15) is 42.3 Å². The number of hydrogen-bond donors (Lipinski definition) is 0. The Balaban J connectivity index is 1.93. The zero-order valence-electron chi connectivity index (χ0n) is 16.7. The predicted molar refractivity (Wildman–Crippen MR) is 108 cm³/mol. The van der Waals surface area contributed by atoms with Gasteiger partial charge in [0.25, 0.3) is 5.91 Å². The number of methoxy groups -OCH3 is 1. The third-order valence-corrected chi connectivity index (χ3v) is 4.09. The van der Waals surface area contributed by atoms with E-state index in [1.807, 2.05) is 51.1 Å². The molecule has 0 spiro atoms. The van der Waals surface area contributed by atoms with Crippen LogP contribution in [-0.4, -0.2) is 42.2 Å². The lowest BCUT2D eigenvalue weighted by Crippen LogP contribution is -2.46. The fourth-order valence-electron chi connectivity index (χ4n) is 2.56. The number of carbonyl (C=O) groups is 2. The van der Waals surface area contributed by atoms with Crippen LogP contribution >= 0.6 is 0 Å². The van der Waals surface area contributed by atoms with Crippen LogP contribution in [0.25, 0.3) is 0 Å². The number of benzene rings is 2. The highest BCUT2D eigenvalue weighted by atomic mass is 16.6. The number of ether oxygens (including phenoxy) is 1. The SMILES string of the molecule is COC(=O)c1ccc(/C=N/OCC(=O)N(Cc2ccccc2)C(C)(C)C)cc1. The van der Waals surface area contributed by atoms with E-state index in [1.54, 1.807) is 29.2 Å². The van der Waals surface area contributed by atoms with Crippen molar-refractivity contribution in [3.05, 3.63) is 71.3 Å². The van der Waals surface area contributed by atoms with Crippen LogP contribution in [-0.2, 0) is 20.9 Å². The van der Waals surface area contributed by atoms with Gasteiger partial charge in [-0.05, 0) is 44.0 Å². The highest BCUT2D eigenvalue weighted by molar-refractivity contribution is 5.90. The summed E-state index contributed by atoms with van der Waals surface area (Å²) in [7, 11) is 1.33. The van der Waals surface area contributed by atoms with E-state index in [-0.39, 0.29) is 18.1 Å². The molecule has 0 bridgehead atoms. The van der Waals surface area contributed by atoms with Gasteiger partial charge in [-0.2, -0.15) is 0 Å². The summed E-state index contributed by atoms with van der Waals surface area (Å²) in [5, 5.41) is 3.86. The second-order valence-corrected chi connectivity index (χ2v) is 7.26. The Labute approximate surface area is 165 Å². The Morgan fingerprint density at radius 3 is 2.25 bits per heavy atom. The predicted octanol–water partition coefficient (Wildman–Crippen LogP) is 3.65. The lowest BCUT2D eigenvalue weighted by atomic mass is 10.0. The van der Waals surface area contributed by atoms with Gasteiger partial charge in [-0.3, -0.25) is 4.79 Å². The summed E-state index contributed by atoms with van der Waals surface area (Å²) < 4.78 is 4.65. The standard InChI is InChI=1S/C22H26N2O4/c1-22(2,3)24(15-18-8-6-5-7-9-18)20(25)16-28-23-14-17-10-12-19(13-11-17)21(26)27-4/h5-14H,15-16H2,1-4H3/b23-14+. The Morgan fingerprint density at radius 1 is 1.04 bits per heavy atom. The molecular formula is C22H26N2O4. The maximum Gasteiger partial charge on any atom is 0.337 e. The summed E-state index contributed by atoms with van der Waals surface area (Å²) in [5.41, 5.74) is 1.92. The van der Waals surface area contributed by atoms with Crippen LogP contribution < -0.4 is 0 Å². The molecule has 0 atom stereocenters. The van der Waals surface area contributed by atoms with E-state index in [0.29, 0.717) is 12.1 Å². The van der Waals surface area contributed by atoms with Gasteiger partial charge in [0.15, 0.2) is 6.61 Å². The molecule has 0 aliphatic heterocycles. The van der Waals surface area contributed by atoms with Gasteiger partial charge >= 0.3 is 5.97 Å². The summed E-state index contributed by atoms with van der Waals surface area (Å²) in [4.78, 5) is 31.0. The van der Waals surface area contributed by atoms with E-state index in [9.17, 15) is 9.59 Å². The van der Waals surface area contributed by atoms with E-state index >= 15 is 0 Å². The van der Waals surface area contributed by atoms with E-state index < -0.39 is 5.97 Å². The van der Waals surface area contributed by atoms with Crippen molar-refractivity contribution in [2.45, 2.75) is 32.9 Å². The molecule has 148 valence electrons. The van der Waals surface area contributed by atoms with Crippen molar-refractivity contribution in [1.29, 1.82) is 0 Å². The van der Waals surface area contributed by atoms with Gasteiger partial charge in [-0.1, -0.05) is 47.6 Å². The summed E-state index contributed by atoms with van der Waals surface area (Å²) in [6.45, 7) is 6.31. The molecule has 0 heterocycles. The normalized spacial score (nSPS) is 11.3. The van der Waals surface area contributed by atoms with Crippen LogP contribution in [0.15, 0.2) is 59.8 Å². The van der Waals surface area contributed by atoms with Crippen LogP contribution in [0.4, 0.5) is 0 Å². The smallest absolute Gasteiger partial charge is 0.337 e. The molecule has 0 fully saturated rings. The fraction of sp³-hybridized carbons (Fsp3) is 0.318. The van der Waals surface area contributed by atoms with Crippen LogP contribution in [0.2, 0.25) is 0 Å². The third kappa shape index (κ3) is 6.23. The van der Waals surface area contributed by atoms with E-state index in [1.165, 1.54) is 13.3 Å². The van der Waals surface area contributed by atoms with Gasteiger partial charge in [-0.15, -0.1) is 0 Å². The summed E-state index contributed by atoms with van der Waals surface area (Å²) in [6, 6.07) is 16.5. The van der Waals surface area contributed by atoms with Crippen molar-refractivity contribution in [2.75, 3.05) is 13.7 Å². The van der Waals surface area contributed by atoms with Crippen molar-refractivity contribution >= 4 is 18.1 Å². The largest absolute Gasteiger partial charge is 0.465 e. The zero-order valence-corrected chi connectivity index (χ0v) is 16.7. The van der Waals surface area contributed by atoms with Crippen molar-refractivity contribution in [3.63, 3.8) is 0 Å². The molecule has 2 aromatic carbocycles. The molecule has 28 heavy (non-hydrogen) atoms. The highest BCUT2D eigenvalue weighted by Gasteiger charge is 2.26. The number of rotatable bonds is 7. The van der Waals surface area contributed by atoms with Crippen LogP contribution in [0, 0.1) is 0 Å². The second-order valence-electron chi connectivity index (χ2n) is 7.26. The maximum absolute atomic E-state index is 12.6. The number of oxime groups is 1.